The van der Waals surface area contributed by atoms with Crippen LogP contribution in [0.2, 0.25) is 0 Å². The van der Waals surface area contributed by atoms with Crippen LogP contribution in [-0.2, 0) is 4.74 Å². The van der Waals surface area contributed by atoms with Crippen molar-refractivity contribution < 1.29 is 9.47 Å². The SMILES string of the molecule is CNc1cn2ccnc2c(OCC2CCOC2)n1. The number of fused-ring (bicyclic) bond motifs is 1. The van der Waals surface area contributed by atoms with Crippen LogP contribution in [0.3, 0.4) is 0 Å². The van der Waals surface area contributed by atoms with Gasteiger partial charge < -0.3 is 14.8 Å². The minimum Gasteiger partial charge on any atom is -0.475 e. The fourth-order valence-corrected chi connectivity index (χ4v) is 2.03. The van der Waals surface area contributed by atoms with Crippen LogP contribution in [0.4, 0.5) is 5.82 Å². The number of nitrogens with one attached hydrogen (secondary N) is 1. The van der Waals surface area contributed by atoms with E-state index in [1.165, 1.54) is 0 Å². The molecule has 0 bridgehead atoms. The third-order valence-electron chi connectivity index (χ3n) is 3.08. The topological polar surface area (TPSA) is 60.7 Å². The predicted molar refractivity (Wildman–Crippen MR) is 67.0 cm³/mol. The molecule has 6 nitrogen and oxygen atoms in total. The molecule has 0 spiro atoms. The predicted octanol–water partition coefficient (Wildman–Crippen LogP) is 1.19. The van der Waals surface area contributed by atoms with E-state index >= 15 is 0 Å². The molecule has 3 heterocycles. The fraction of sp³-hybridized carbons (Fsp3) is 0.500. The minimum absolute atomic E-state index is 0.458. The van der Waals surface area contributed by atoms with Crippen LogP contribution in [0.5, 0.6) is 5.88 Å². The number of hydrogen-bond donors (Lipinski definition) is 1. The molecular formula is C12H16N4O2. The highest BCUT2D eigenvalue weighted by molar-refractivity contribution is 5.53. The van der Waals surface area contributed by atoms with Crippen LogP contribution in [0.25, 0.3) is 5.65 Å². The minimum atomic E-state index is 0.458. The highest BCUT2D eigenvalue weighted by Crippen LogP contribution is 2.20. The Hall–Kier alpha value is -1.82. The van der Waals surface area contributed by atoms with Crippen molar-refractivity contribution in [2.45, 2.75) is 6.42 Å². The van der Waals surface area contributed by atoms with Crippen LogP contribution < -0.4 is 10.1 Å². The molecule has 1 N–H and O–H groups in total. The van der Waals surface area contributed by atoms with Crippen molar-refractivity contribution in [3.8, 4) is 5.88 Å². The molecule has 1 saturated heterocycles. The van der Waals surface area contributed by atoms with Gasteiger partial charge in [-0.2, -0.15) is 4.98 Å². The van der Waals surface area contributed by atoms with Gasteiger partial charge in [-0.05, 0) is 6.42 Å². The first kappa shape index (κ1) is 11.3. The fourth-order valence-electron chi connectivity index (χ4n) is 2.03. The van der Waals surface area contributed by atoms with Crippen molar-refractivity contribution in [1.82, 2.24) is 14.4 Å². The van der Waals surface area contributed by atoms with Crippen molar-refractivity contribution in [2.75, 3.05) is 32.2 Å². The molecule has 1 aliphatic heterocycles. The molecule has 96 valence electrons. The van der Waals surface area contributed by atoms with E-state index in [9.17, 15) is 0 Å². The molecule has 3 rings (SSSR count). The van der Waals surface area contributed by atoms with Gasteiger partial charge in [-0.25, -0.2) is 4.98 Å². The Kier molecular flexibility index (Phi) is 3.02. The molecule has 1 atom stereocenters. The maximum atomic E-state index is 5.79. The summed E-state index contributed by atoms with van der Waals surface area (Å²) in [4.78, 5) is 8.65. The van der Waals surface area contributed by atoms with Gasteiger partial charge >= 0.3 is 0 Å². The third kappa shape index (κ3) is 2.11. The number of rotatable bonds is 4. The number of imidazole rings is 1. The van der Waals surface area contributed by atoms with Gasteiger partial charge in [0.1, 0.15) is 5.82 Å². The van der Waals surface area contributed by atoms with Crippen molar-refractivity contribution in [1.29, 1.82) is 0 Å². The Morgan fingerprint density at radius 3 is 3.33 bits per heavy atom. The molecule has 2 aromatic rings. The standard InChI is InChI=1S/C12H16N4O2/c1-13-10-6-16-4-3-14-11(16)12(15-10)18-8-9-2-5-17-7-9/h3-4,6,9,13H,2,5,7-8H2,1H3. The second kappa shape index (κ2) is 4.81. The van der Waals surface area contributed by atoms with Crippen molar-refractivity contribution in [2.24, 2.45) is 5.92 Å². The van der Waals surface area contributed by atoms with E-state index in [0.29, 0.717) is 18.4 Å². The van der Waals surface area contributed by atoms with Gasteiger partial charge in [0.2, 0.25) is 5.65 Å². The van der Waals surface area contributed by atoms with E-state index in [-0.39, 0.29) is 0 Å². The highest BCUT2D eigenvalue weighted by atomic mass is 16.5. The van der Waals surface area contributed by atoms with Gasteiger partial charge in [-0.3, -0.25) is 4.40 Å². The molecule has 0 aliphatic carbocycles. The molecule has 1 fully saturated rings. The van der Waals surface area contributed by atoms with Gasteiger partial charge in [0.25, 0.3) is 5.88 Å². The van der Waals surface area contributed by atoms with Crippen LogP contribution in [0.15, 0.2) is 18.6 Å². The lowest BCUT2D eigenvalue weighted by atomic mass is 10.1. The normalized spacial score (nSPS) is 19.3. The average Bonchev–Trinajstić information content (AvgIpc) is 3.06. The second-order valence-corrected chi connectivity index (χ2v) is 4.38. The first-order valence-electron chi connectivity index (χ1n) is 6.09. The van der Waals surface area contributed by atoms with Crippen LogP contribution in [-0.4, -0.2) is 41.2 Å². The summed E-state index contributed by atoms with van der Waals surface area (Å²) in [5.74, 6) is 1.79. The van der Waals surface area contributed by atoms with E-state index in [4.69, 9.17) is 9.47 Å². The maximum Gasteiger partial charge on any atom is 0.260 e. The quantitative estimate of drug-likeness (QED) is 0.880. The van der Waals surface area contributed by atoms with Crippen LogP contribution >= 0.6 is 0 Å². The van der Waals surface area contributed by atoms with Gasteiger partial charge in [0.15, 0.2) is 0 Å². The summed E-state index contributed by atoms with van der Waals surface area (Å²) in [7, 11) is 1.83. The number of anilines is 1. The summed E-state index contributed by atoms with van der Waals surface area (Å²) >= 11 is 0. The Bertz CT molecular complexity index is 534. The smallest absolute Gasteiger partial charge is 0.260 e. The van der Waals surface area contributed by atoms with Gasteiger partial charge in [0.05, 0.1) is 19.4 Å². The van der Waals surface area contributed by atoms with Crippen LogP contribution in [0.1, 0.15) is 6.42 Å². The lowest BCUT2D eigenvalue weighted by molar-refractivity contribution is 0.166. The Morgan fingerprint density at radius 2 is 2.56 bits per heavy atom. The summed E-state index contributed by atoms with van der Waals surface area (Å²) in [6, 6.07) is 0. The molecule has 18 heavy (non-hydrogen) atoms. The molecule has 0 radical (unpaired) electrons. The Balaban J connectivity index is 1.82. The van der Waals surface area contributed by atoms with Gasteiger partial charge in [-0.1, -0.05) is 0 Å². The Morgan fingerprint density at radius 1 is 1.61 bits per heavy atom. The number of aromatic nitrogens is 3. The first-order valence-corrected chi connectivity index (χ1v) is 6.09. The van der Waals surface area contributed by atoms with Gasteiger partial charge in [-0.15, -0.1) is 0 Å². The molecule has 1 aliphatic rings. The maximum absolute atomic E-state index is 5.79. The van der Waals surface area contributed by atoms with Crippen molar-refractivity contribution in [3.05, 3.63) is 18.6 Å². The van der Waals surface area contributed by atoms with E-state index in [2.05, 4.69) is 15.3 Å². The first-order chi connectivity index (χ1) is 8.86. The summed E-state index contributed by atoms with van der Waals surface area (Å²) in [5.41, 5.74) is 0.743. The summed E-state index contributed by atoms with van der Waals surface area (Å²) in [6.07, 6.45) is 6.55. The van der Waals surface area contributed by atoms with Crippen molar-refractivity contribution >= 4 is 11.5 Å². The molecule has 2 aromatic heterocycles. The number of hydrogen-bond acceptors (Lipinski definition) is 5. The Labute approximate surface area is 105 Å². The summed E-state index contributed by atoms with van der Waals surface area (Å²) in [5, 5.41) is 3.01. The average molecular weight is 248 g/mol. The van der Waals surface area contributed by atoms with E-state index in [1.54, 1.807) is 6.20 Å². The van der Waals surface area contributed by atoms with E-state index in [1.807, 2.05) is 23.8 Å². The molecule has 0 amide bonds. The number of nitrogens with zero attached hydrogens (tertiary/aromatic N) is 3. The van der Waals surface area contributed by atoms with Crippen molar-refractivity contribution in [3.63, 3.8) is 0 Å². The molecule has 0 aromatic carbocycles. The van der Waals surface area contributed by atoms with Gasteiger partial charge in [0, 0.05) is 32.0 Å². The third-order valence-corrected chi connectivity index (χ3v) is 3.08. The summed E-state index contributed by atoms with van der Waals surface area (Å²) < 4.78 is 13.0. The lowest BCUT2D eigenvalue weighted by Gasteiger charge is -2.11. The largest absolute Gasteiger partial charge is 0.475 e. The molecule has 6 heteroatoms. The zero-order valence-corrected chi connectivity index (χ0v) is 10.3. The van der Waals surface area contributed by atoms with Crippen LogP contribution in [0, 0.1) is 5.92 Å². The second-order valence-electron chi connectivity index (χ2n) is 4.38. The zero-order valence-electron chi connectivity index (χ0n) is 10.3. The monoisotopic (exact) mass is 248 g/mol. The molecule has 0 saturated carbocycles. The van der Waals surface area contributed by atoms with E-state index in [0.717, 1.165) is 31.1 Å². The highest BCUT2D eigenvalue weighted by Gasteiger charge is 2.17. The van der Waals surface area contributed by atoms with E-state index < -0.39 is 0 Å². The zero-order chi connectivity index (χ0) is 12.4. The summed E-state index contributed by atoms with van der Waals surface area (Å²) in [6.45, 7) is 2.23. The molecule has 1 unspecified atom stereocenters. The molecular weight excluding hydrogens is 232 g/mol. The lowest BCUT2D eigenvalue weighted by Crippen LogP contribution is -2.13. The number of ether oxygens (including phenoxy) is 2.